The molecule has 1 unspecified atom stereocenters. The number of para-hydroxylation sites is 1. The van der Waals surface area contributed by atoms with E-state index in [1.54, 1.807) is 0 Å². The molecule has 1 heterocycles. The van der Waals surface area contributed by atoms with Crippen molar-refractivity contribution in [3.8, 4) is 5.75 Å². The van der Waals surface area contributed by atoms with E-state index in [0.29, 0.717) is 0 Å². The standard InChI is InChI=1S/C21H27NOSi/c1-21(14-15-24(2,3)4)22(16-18-10-6-5-7-11-18)17-19-12-8-9-13-20(19)23-21/h5-15H,16-17H2,1-4H3/b15-14-. The van der Waals surface area contributed by atoms with E-state index >= 15 is 0 Å². The third-order valence-corrected chi connectivity index (χ3v) is 5.55. The van der Waals surface area contributed by atoms with Gasteiger partial charge in [0.2, 0.25) is 0 Å². The van der Waals surface area contributed by atoms with E-state index in [9.17, 15) is 0 Å². The fraction of sp³-hybridized carbons (Fsp3) is 0.333. The van der Waals surface area contributed by atoms with Crippen LogP contribution in [-0.2, 0) is 13.1 Å². The first kappa shape index (κ1) is 17.0. The molecule has 0 amide bonds. The molecule has 0 saturated carbocycles. The van der Waals surface area contributed by atoms with Gasteiger partial charge < -0.3 is 4.74 Å². The molecule has 24 heavy (non-hydrogen) atoms. The van der Waals surface area contributed by atoms with Crippen molar-refractivity contribution >= 4 is 8.07 Å². The first-order valence-corrected chi connectivity index (χ1v) is 12.2. The quantitative estimate of drug-likeness (QED) is 0.708. The van der Waals surface area contributed by atoms with Gasteiger partial charge in [0.05, 0.1) is 8.07 Å². The third-order valence-electron chi connectivity index (χ3n) is 4.39. The first-order valence-electron chi connectivity index (χ1n) is 8.62. The van der Waals surface area contributed by atoms with Crippen LogP contribution in [0.4, 0.5) is 0 Å². The smallest absolute Gasteiger partial charge is 0.180 e. The number of ether oxygens (including phenoxy) is 1. The Balaban J connectivity index is 1.94. The van der Waals surface area contributed by atoms with Crippen LogP contribution in [0, 0.1) is 0 Å². The van der Waals surface area contributed by atoms with E-state index in [-0.39, 0.29) is 0 Å². The van der Waals surface area contributed by atoms with Gasteiger partial charge in [-0.05, 0) is 24.6 Å². The molecule has 2 aromatic carbocycles. The van der Waals surface area contributed by atoms with Crippen molar-refractivity contribution in [2.24, 2.45) is 0 Å². The fourth-order valence-electron chi connectivity index (χ4n) is 2.94. The predicted molar refractivity (Wildman–Crippen MR) is 104 cm³/mol. The molecular weight excluding hydrogens is 310 g/mol. The second-order valence-corrected chi connectivity index (χ2v) is 12.9. The Labute approximate surface area is 146 Å². The molecule has 3 heteroatoms. The molecule has 0 saturated heterocycles. The summed E-state index contributed by atoms with van der Waals surface area (Å²) in [6.07, 6.45) is 2.28. The summed E-state index contributed by atoms with van der Waals surface area (Å²) in [5.74, 6) is 1.00. The summed E-state index contributed by atoms with van der Waals surface area (Å²) in [4.78, 5) is 2.42. The van der Waals surface area contributed by atoms with Gasteiger partial charge in [-0.25, -0.2) is 0 Å². The number of nitrogens with zero attached hydrogens (tertiary/aromatic N) is 1. The highest BCUT2D eigenvalue weighted by atomic mass is 28.3. The number of fused-ring (bicyclic) bond motifs is 1. The largest absolute Gasteiger partial charge is 0.469 e. The Bertz CT molecular complexity index is 720. The second kappa shape index (κ2) is 6.58. The lowest BCUT2D eigenvalue weighted by Gasteiger charge is -2.44. The highest BCUT2D eigenvalue weighted by Gasteiger charge is 2.36. The summed E-state index contributed by atoms with van der Waals surface area (Å²) in [5.41, 5.74) is 4.55. The van der Waals surface area contributed by atoms with Crippen LogP contribution in [0.1, 0.15) is 18.1 Å². The SMILES string of the molecule is CC1(/C=C\[Si](C)(C)C)Oc2ccccc2CN1Cc1ccccc1. The van der Waals surface area contributed by atoms with Crippen LogP contribution in [0.15, 0.2) is 66.4 Å². The van der Waals surface area contributed by atoms with Crippen molar-refractivity contribution < 1.29 is 4.74 Å². The van der Waals surface area contributed by atoms with Gasteiger partial charge in [0.1, 0.15) is 5.75 Å². The molecule has 0 bridgehead atoms. The molecule has 0 N–H and O–H groups in total. The summed E-state index contributed by atoms with van der Waals surface area (Å²) in [6.45, 7) is 11.0. The Morgan fingerprint density at radius 2 is 1.71 bits per heavy atom. The molecule has 0 radical (unpaired) electrons. The van der Waals surface area contributed by atoms with Crippen molar-refractivity contribution in [1.29, 1.82) is 0 Å². The van der Waals surface area contributed by atoms with Crippen LogP contribution in [0.25, 0.3) is 0 Å². The Hall–Kier alpha value is -1.84. The number of rotatable bonds is 4. The average Bonchev–Trinajstić information content (AvgIpc) is 2.54. The highest BCUT2D eigenvalue weighted by molar-refractivity contribution is 6.80. The van der Waals surface area contributed by atoms with Crippen LogP contribution in [-0.4, -0.2) is 18.7 Å². The van der Waals surface area contributed by atoms with Gasteiger partial charge in [-0.2, -0.15) is 0 Å². The van der Waals surface area contributed by atoms with Gasteiger partial charge in [0, 0.05) is 18.7 Å². The van der Waals surface area contributed by atoms with Gasteiger partial charge in [0.25, 0.3) is 0 Å². The van der Waals surface area contributed by atoms with Gasteiger partial charge in [-0.3, -0.25) is 4.90 Å². The first-order chi connectivity index (χ1) is 11.4. The van der Waals surface area contributed by atoms with Crippen LogP contribution < -0.4 is 4.74 Å². The van der Waals surface area contributed by atoms with Crippen molar-refractivity contribution in [1.82, 2.24) is 4.90 Å². The molecule has 1 aliphatic heterocycles. The second-order valence-electron chi connectivity index (χ2n) is 7.81. The minimum atomic E-state index is -1.29. The number of hydrogen-bond donors (Lipinski definition) is 0. The van der Waals surface area contributed by atoms with Crippen molar-refractivity contribution in [3.05, 3.63) is 77.5 Å². The molecule has 126 valence electrons. The third kappa shape index (κ3) is 3.97. The van der Waals surface area contributed by atoms with Gasteiger partial charge >= 0.3 is 0 Å². The van der Waals surface area contributed by atoms with Crippen LogP contribution >= 0.6 is 0 Å². The molecule has 0 spiro atoms. The summed E-state index contributed by atoms with van der Waals surface area (Å²) >= 11 is 0. The summed E-state index contributed by atoms with van der Waals surface area (Å²) in [6, 6.07) is 19.0. The Morgan fingerprint density at radius 1 is 1.04 bits per heavy atom. The topological polar surface area (TPSA) is 12.5 Å². The van der Waals surface area contributed by atoms with Crippen LogP contribution in [0.2, 0.25) is 19.6 Å². The van der Waals surface area contributed by atoms with Crippen molar-refractivity contribution in [2.45, 2.75) is 45.4 Å². The normalized spacial score (nSPS) is 21.5. The number of hydrogen-bond acceptors (Lipinski definition) is 2. The minimum absolute atomic E-state index is 0.412. The molecule has 0 aromatic heterocycles. The van der Waals surface area contributed by atoms with E-state index in [4.69, 9.17) is 4.74 Å². The van der Waals surface area contributed by atoms with Gasteiger partial charge in [-0.15, -0.1) is 0 Å². The lowest BCUT2D eigenvalue weighted by Crippen LogP contribution is -2.51. The van der Waals surface area contributed by atoms with E-state index in [2.05, 4.69) is 91.8 Å². The average molecular weight is 338 g/mol. The van der Waals surface area contributed by atoms with Crippen molar-refractivity contribution in [2.75, 3.05) is 0 Å². The highest BCUT2D eigenvalue weighted by Crippen LogP contribution is 2.35. The molecule has 1 atom stereocenters. The summed E-state index contributed by atoms with van der Waals surface area (Å²) in [5, 5.41) is 0. The molecule has 0 fully saturated rings. The maximum Gasteiger partial charge on any atom is 0.180 e. The maximum atomic E-state index is 6.46. The Kier molecular flexibility index (Phi) is 4.66. The predicted octanol–water partition coefficient (Wildman–Crippen LogP) is 5.23. The molecule has 2 nitrogen and oxygen atoms in total. The zero-order valence-corrected chi connectivity index (χ0v) is 16.1. The molecular formula is C21H27NOSi. The Morgan fingerprint density at radius 3 is 2.42 bits per heavy atom. The minimum Gasteiger partial charge on any atom is -0.469 e. The molecule has 1 aliphatic rings. The lowest BCUT2D eigenvalue weighted by molar-refractivity contribution is -0.0594. The summed E-state index contributed by atoms with van der Waals surface area (Å²) < 4.78 is 6.46. The lowest BCUT2D eigenvalue weighted by atomic mass is 10.0. The van der Waals surface area contributed by atoms with Crippen LogP contribution in [0.5, 0.6) is 5.75 Å². The van der Waals surface area contributed by atoms with Gasteiger partial charge in [-0.1, -0.05) is 73.9 Å². The fourth-order valence-corrected chi connectivity index (χ4v) is 3.75. The van der Waals surface area contributed by atoms with E-state index in [1.165, 1.54) is 11.1 Å². The van der Waals surface area contributed by atoms with E-state index in [1.807, 2.05) is 6.07 Å². The summed E-state index contributed by atoms with van der Waals surface area (Å²) in [7, 11) is -1.29. The van der Waals surface area contributed by atoms with E-state index in [0.717, 1.165) is 18.8 Å². The molecule has 3 rings (SSSR count). The monoisotopic (exact) mass is 337 g/mol. The van der Waals surface area contributed by atoms with E-state index < -0.39 is 13.8 Å². The number of benzene rings is 2. The molecule has 0 aliphatic carbocycles. The zero-order chi connectivity index (χ0) is 17.2. The van der Waals surface area contributed by atoms with Crippen molar-refractivity contribution in [3.63, 3.8) is 0 Å². The zero-order valence-electron chi connectivity index (χ0n) is 15.1. The van der Waals surface area contributed by atoms with Crippen LogP contribution in [0.3, 0.4) is 0 Å². The maximum absolute atomic E-state index is 6.46. The van der Waals surface area contributed by atoms with Gasteiger partial charge in [0.15, 0.2) is 5.72 Å². The molecule has 2 aromatic rings.